The van der Waals surface area contributed by atoms with Gasteiger partial charge in [-0.2, -0.15) is 4.39 Å². The first kappa shape index (κ1) is 18.9. The van der Waals surface area contributed by atoms with Crippen molar-refractivity contribution in [2.45, 2.75) is 58.6 Å². The van der Waals surface area contributed by atoms with Crippen molar-refractivity contribution in [1.29, 1.82) is 0 Å². The molecule has 1 aromatic carbocycles. The second kappa shape index (κ2) is 11.4. The third kappa shape index (κ3) is 7.64. The van der Waals surface area contributed by atoms with Crippen LogP contribution in [0.15, 0.2) is 42.6 Å². The SMILES string of the molecule is [2H]C([2H])(c1ccccc1OCCCCCC(=O)O)N(Cc1ccc(F)nc1)C(C)C. The highest BCUT2D eigenvalue weighted by atomic mass is 19.1. The van der Waals surface area contributed by atoms with E-state index in [1.165, 1.54) is 12.3 Å². The van der Waals surface area contributed by atoms with Gasteiger partial charge in [0.1, 0.15) is 5.75 Å². The fourth-order valence-corrected chi connectivity index (χ4v) is 2.62. The van der Waals surface area contributed by atoms with E-state index < -0.39 is 18.4 Å². The van der Waals surface area contributed by atoms with Crippen molar-refractivity contribution in [3.63, 3.8) is 0 Å². The highest BCUT2D eigenvalue weighted by Gasteiger charge is 2.14. The zero-order valence-corrected chi connectivity index (χ0v) is 16.4. The maximum absolute atomic E-state index is 13.1. The predicted molar refractivity (Wildman–Crippen MR) is 107 cm³/mol. The molecule has 0 radical (unpaired) electrons. The zero-order valence-electron chi connectivity index (χ0n) is 18.4. The summed E-state index contributed by atoms with van der Waals surface area (Å²) in [5.41, 5.74) is 1.13. The summed E-state index contributed by atoms with van der Waals surface area (Å²) in [7, 11) is 0. The zero-order chi connectivity index (χ0) is 22.1. The molecular weight excluding hydrogens is 359 g/mol. The number of benzene rings is 1. The van der Waals surface area contributed by atoms with Crippen LogP contribution < -0.4 is 4.74 Å². The molecule has 0 aliphatic rings. The average molecular weight is 390 g/mol. The first-order valence-corrected chi connectivity index (χ1v) is 9.53. The topological polar surface area (TPSA) is 62.7 Å². The Morgan fingerprint density at radius 3 is 2.71 bits per heavy atom. The smallest absolute Gasteiger partial charge is 0.303 e. The fourth-order valence-electron chi connectivity index (χ4n) is 2.62. The molecule has 0 fully saturated rings. The van der Waals surface area contributed by atoms with Crippen LogP contribution in [0.3, 0.4) is 0 Å². The minimum atomic E-state index is -1.83. The van der Waals surface area contributed by atoms with E-state index >= 15 is 0 Å². The van der Waals surface area contributed by atoms with Crippen molar-refractivity contribution in [3.05, 3.63) is 59.7 Å². The van der Waals surface area contributed by atoms with Crippen molar-refractivity contribution in [1.82, 2.24) is 9.88 Å². The van der Waals surface area contributed by atoms with Gasteiger partial charge < -0.3 is 9.84 Å². The number of pyridine rings is 1. The van der Waals surface area contributed by atoms with Crippen molar-refractivity contribution in [2.24, 2.45) is 0 Å². The lowest BCUT2D eigenvalue weighted by atomic mass is 10.1. The van der Waals surface area contributed by atoms with Crippen molar-refractivity contribution < 1.29 is 21.8 Å². The minimum absolute atomic E-state index is 0.130. The highest BCUT2D eigenvalue weighted by Crippen LogP contribution is 2.22. The van der Waals surface area contributed by atoms with Crippen LogP contribution in [0.1, 0.15) is 53.4 Å². The molecule has 5 nitrogen and oxygen atoms in total. The van der Waals surface area contributed by atoms with E-state index in [-0.39, 0.29) is 19.0 Å². The van der Waals surface area contributed by atoms with Gasteiger partial charge in [-0.3, -0.25) is 9.69 Å². The van der Waals surface area contributed by atoms with Gasteiger partial charge in [-0.1, -0.05) is 24.3 Å². The number of carboxylic acids is 1. The summed E-state index contributed by atoms with van der Waals surface area (Å²) in [5.74, 6) is -0.914. The number of aliphatic carboxylic acids is 1. The molecule has 0 unspecified atom stereocenters. The highest BCUT2D eigenvalue weighted by molar-refractivity contribution is 5.66. The Bertz CT molecular complexity index is 816. The van der Waals surface area contributed by atoms with E-state index in [4.69, 9.17) is 12.6 Å². The molecule has 0 bridgehead atoms. The first-order chi connectivity index (χ1) is 14.2. The lowest BCUT2D eigenvalue weighted by Gasteiger charge is -2.27. The molecule has 0 atom stereocenters. The third-order valence-corrected chi connectivity index (χ3v) is 4.21. The summed E-state index contributed by atoms with van der Waals surface area (Å²) in [6.45, 7) is 2.63. The van der Waals surface area contributed by atoms with Gasteiger partial charge in [0.15, 0.2) is 0 Å². The molecule has 0 aliphatic carbocycles. The molecule has 2 rings (SSSR count). The van der Waals surface area contributed by atoms with Gasteiger partial charge in [0.05, 0.1) is 6.61 Å². The number of para-hydroxylation sites is 1. The molecule has 152 valence electrons. The quantitative estimate of drug-likeness (QED) is 0.422. The van der Waals surface area contributed by atoms with Gasteiger partial charge in [0.2, 0.25) is 5.95 Å². The van der Waals surface area contributed by atoms with Crippen LogP contribution in [0.2, 0.25) is 0 Å². The number of rotatable bonds is 12. The largest absolute Gasteiger partial charge is 0.493 e. The molecule has 1 N–H and O–H groups in total. The Morgan fingerprint density at radius 1 is 1.25 bits per heavy atom. The van der Waals surface area contributed by atoms with E-state index in [0.717, 1.165) is 6.42 Å². The number of hydrogen-bond donors (Lipinski definition) is 1. The average Bonchev–Trinajstić information content (AvgIpc) is 2.69. The molecule has 1 aromatic heterocycles. The Hall–Kier alpha value is -2.47. The van der Waals surface area contributed by atoms with E-state index in [9.17, 15) is 9.18 Å². The third-order valence-electron chi connectivity index (χ3n) is 4.21. The molecule has 28 heavy (non-hydrogen) atoms. The summed E-state index contributed by atoms with van der Waals surface area (Å²) in [6, 6.07) is 9.75. The lowest BCUT2D eigenvalue weighted by molar-refractivity contribution is -0.137. The molecule has 6 heteroatoms. The van der Waals surface area contributed by atoms with Gasteiger partial charge in [-0.25, -0.2) is 4.98 Å². The van der Waals surface area contributed by atoms with Crippen LogP contribution in [0.25, 0.3) is 0 Å². The number of aromatic nitrogens is 1. The van der Waals surface area contributed by atoms with Crippen LogP contribution >= 0.6 is 0 Å². The first-order valence-electron chi connectivity index (χ1n) is 10.5. The summed E-state index contributed by atoms with van der Waals surface area (Å²) in [6.07, 6.45) is 3.58. The van der Waals surface area contributed by atoms with E-state index in [2.05, 4.69) is 4.98 Å². The van der Waals surface area contributed by atoms with Crippen LogP contribution in [-0.2, 0) is 17.8 Å². The van der Waals surface area contributed by atoms with Crippen LogP contribution in [0.4, 0.5) is 4.39 Å². The molecule has 0 saturated carbocycles. The normalized spacial score (nSPS) is 12.8. The maximum atomic E-state index is 13.1. The van der Waals surface area contributed by atoms with Crippen LogP contribution in [0, 0.1) is 5.95 Å². The van der Waals surface area contributed by atoms with Gasteiger partial charge in [-0.15, -0.1) is 0 Å². The summed E-state index contributed by atoms with van der Waals surface area (Å²) < 4.78 is 36.6. The number of hydrogen-bond acceptors (Lipinski definition) is 4. The van der Waals surface area contributed by atoms with Gasteiger partial charge in [-0.05, 0) is 50.8 Å². The van der Waals surface area contributed by atoms with Gasteiger partial charge in [0.25, 0.3) is 0 Å². The number of carbonyl (C=O) groups is 1. The van der Waals surface area contributed by atoms with E-state index in [1.807, 2.05) is 13.8 Å². The fraction of sp³-hybridized carbons (Fsp3) is 0.455. The monoisotopic (exact) mass is 390 g/mol. The maximum Gasteiger partial charge on any atom is 0.303 e. The number of halogens is 1. The molecular formula is C22H29FN2O3. The summed E-state index contributed by atoms with van der Waals surface area (Å²) >= 11 is 0. The predicted octanol–water partition coefficient (Wildman–Crippen LogP) is 4.66. The van der Waals surface area contributed by atoms with Crippen LogP contribution in [0.5, 0.6) is 5.75 Å². The van der Waals surface area contributed by atoms with Crippen molar-refractivity contribution in [3.8, 4) is 5.75 Å². The number of carboxylic acid groups (broad SMARTS) is 1. The standard InChI is InChI=1S/C22H29FN2O3/c1-17(2)25(15-18-11-12-21(23)24-14-18)16-19-8-5-6-9-20(19)28-13-7-3-4-10-22(26)27/h5-6,8-9,11-12,14,17H,3-4,7,10,13,15-16H2,1-2H3,(H,26,27)/i16D2. The second-order valence-corrected chi connectivity index (χ2v) is 6.87. The Balaban J connectivity index is 2.12. The van der Waals surface area contributed by atoms with E-state index in [0.29, 0.717) is 36.3 Å². The molecule has 2 aromatic rings. The van der Waals surface area contributed by atoms with Gasteiger partial charge in [0, 0.05) is 40.0 Å². The molecule has 0 saturated heterocycles. The number of ether oxygens (including phenoxy) is 1. The summed E-state index contributed by atoms with van der Waals surface area (Å²) in [4.78, 5) is 15.9. The molecule has 0 aliphatic heterocycles. The van der Waals surface area contributed by atoms with E-state index in [1.54, 1.807) is 35.2 Å². The Labute approximate surface area is 169 Å². The molecule has 1 heterocycles. The lowest BCUT2D eigenvalue weighted by Crippen LogP contribution is -2.30. The Kier molecular flexibility index (Phi) is 7.68. The number of unbranched alkanes of at least 4 members (excludes halogenated alkanes) is 2. The van der Waals surface area contributed by atoms with Gasteiger partial charge >= 0.3 is 5.97 Å². The van der Waals surface area contributed by atoms with Crippen molar-refractivity contribution in [2.75, 3.05) is 6.61 Å². The molecule has 0 spiro atoms. The Morgan fingerprint density at radius 2 is 2.04 bits per heavy atom. The van der Waals surface area contributed by atoms with Crippen LogP contribution in [-0.4, -0.2) is 33.6 Å². The summed E-state index contributed by atoms with van der Waals surface area (Å²) in [5, 5.41) is 8.69. The second-order valence-electron chi connectivity index (χ2n) is 6.87. The number of nitrogens with zero attached hydrogens (tertiary/aromatic N) is 2. The molecule has 0 amide bonds. The van der Waals surface area contributed by atoms with Crippen molar-refractivity contribution >= 4 is 5.97 Å². The minimum Gasteiger partial charge on any atom is -0.493 e.